The van der Waals surface area contributed by atoms with Crippen LogP contribution < -0.4 is 5.32 Å². The Bertz CT molecular complexity index is 405. The average molecular weight is 194 g/mol. The van der Waals surface area contributed by atoms with Crippen molar-refractivity contribution in [2.45, 2.75) is 6.92 Å². The smallest absolute Gasteiger partial charge is 0.183 e. The first kappa shape index (κ1) is 8.31. The molecule has 0 fully saturated rings. The third-order valence-corrected chi connectivity index (χ3v) is 2.57. The zero-order valence-corrected chi connectivity index (χ0v) is 8.31. The Labute approximate surface area is 80.4 Å². The molecule has 2 aromatic heterocycles. The molecule has 0 aliphatic heterocycles. The van der Waals surface area contributed by atoms with Crippen molar-refractivity contribution in [3.8, 4) is 11.5 Å². The van der Waals surface area contributed by atoms with E-state index >= 15 is 0 Å². The van der Waals surface area contributed by atoms with Crippen LogP contribution in [0.3, 0.4) is 0 Å². The molecule has 0 saturated carbocycles. The van der Waals surface area contributed by atoms with E-state index in [1.54, 1.807) is 11.3 Å². The molecule has 0 atom stereocenters. The standard InChI is InChI=1S/C9H10N2OS/c1-6-3-4-8(12-6)7-5-13-9(10-2)11-7/h3-5H,1-2H3,(H,10,11). The highest BCUT2D eigenvalue weighted by atomic mass is 32.1. The monoisotopic (exact) mass is 194 g/mol. The molecule has 2 rings (SSSR count). The molecule has 0 spiro atoms. The summed E-state index contributed by atoms with van der Waals surface area (Å²) >= 11 is 1.57. The summed E-state index contributed by atoms with van der Waals surface area (Å²) in [6, 6.07) is 3.87. The normalized spacial score (nSPS) is 10.3. The first-order valence-electron chi connectivity index (χ1n) is 3.99. The number of thiazole rings is 1. The van der Waals surface area contributed by atoms with Gasteiger partial charge in [0.15, 0.2) is 10.9 Å². The Morgan fingerprint density at radius 3 is 2.85 bits per heavy atom. The summed E-state index contributed by atoms with van der Waals surface area (Å²) in [5.41, 5.74) is 0.891. The molecule has 0 aliphatic rings. The van der Waals surface area contributed by atoms with Crippen LogP contribution in [0.1, 0.15) is 5.76 Å². The minimum atomic E-state index is 0.829. The van der Waals surface area contributed by atoms with E-state index in [1.165, 1.54) is 0 Å². The van der Waals surface area contributed by atoms with Gasteiger partial charge in [0.1, 0.15) is 11.5 Å². The Balaban J connectivity index is 2.35. The Morgan fingerprint density at radius 2 is 2.31 bits per heavy atom. The summed E-state index contributed by atoms with van der Waals surface area (Å²) < 4.78 is 5.44. The second-order valence-electron chi connectivity index (χ2n) is 2.70. The maximum absolute atomic E-state index is 5.44. The van der Waals surface area contributed by atoms with Gasteiger partial charge in [0.2, 0.25) is 0 Å². The van der Waals surface area contributed by atoms with Gasteiger partial charge in [-0.25, -0.2) is 4.98 Å². The van der Waals surface area contributed by atoms with Crippen LogP contribution in [0.2, 0.25) is 0 Å². The van der Waals surface area contributed by atoms with E-state index in [2.05, 4.69) is 10.3 Å². The average Bonchev–Trinajstić information content (AvgIpc) is 2.71. The van der Waals surface area contributed by atoms with Crippen LogP contribution in [0.4, 0.5) is 5.13 Å². The number of anilines is 1. The number of nitrogens with one attached hydrogen (secondary N) is 1. The van der Waals surface area contributed by atoms with E-state index in [1.807, 2.05) is 31.5 Å². The lowest BCUT2D eigenvalue weighted by molar-refractivity contribution is 0.547. The number of hydrogen-bond acceptors (Lipinski definition) is 4. The van der Waals surface area contributed by atoms with Crippen molar-refractivity contribution < 1.29 is 4.42 Å². The summed E-state index contributed by atoms with van der Waals surface area (Å²) in [6.07, 6.45) is 0. The molecule has 3 nitrogen and oxygen atoms in total. The Kier molecular flexibility index (Phi) is 2.06. The van der Waals surface area contributed by atoms with Gasteiger partial charge < -0.3 is 9.73 Å². The highest BCUT2D eigenvalue weighted by Gasteiger charge is 2.06. The van der Waals surface area contributed by atoms with Gasteiger partial charge in [-0.1, -0.05) is 0 Å². The molecule has 2 heterocycles. The molecule has 0 radical (unpaired) electrons. The number of furan rings is 1. The minimum Gasteiger partial charge on any atom is -0.460 e. The van der Waals surface area contributed by atoms with Crippen LogP contribution in [-0.2, 0) is 0 Å². The molecule has 0 unspecified atom stereocenters. The Hall–Kier alpha value is -1.29. The predicted molar refractivity (Wildman–Crippen MR) is 54.1 cm³/mol. The van der Waals surface area contributed by atoms with Gasteiger partial charge in [-0.15, -0.1) is 11.3 Å². The fourth-order valence-corrected chi connectivity index (χ4v) is 1.73. The number of nitrogens with zero attached hydrogens (tertiary/aromatic N) is 1. The van der Waals surface area contributed by atoms with Crippen LogP contribution in [0.5, 0.6) is 0 Å². The zero-order chi connectivity index (χ0) is 9.26. The first-order valence-corrected chi connectivity index (χ1v) is 4.87. The summed E-state index contributed by atoms with van der Waals surface area (Å²) in [5, 5.41) is 5.87. The van der Waals surface area contributed by atoms with E-state index in [4.69, 9.17) is 4.42 Å². The van der Waals surface area contributed by atoms with Crippen molar-refractivity contribution in [1.29, 1.82) is 0 Å². The predicted octanol–water partition coefficient (Wildman–Crippen LogP) is 2.75. The molecule has 0 bridgehead atoms. The molecule has 13 heavy (non-hydrogen) atoms. The maximum atomic E-state index is 5.44. The molecule has 0 aromatic carbocycles. The summed E-state index contributed by atoms with van der Waals surface area (Å²) in [7, 11) is 1.86. The van der Waals surface area contributed by atoms with Crippen LogP contribution in [0, 0.1) is 6.92 Å². The van der Waals surface area contributed by atoms with E-state index in [0.29, 0.717) is 0 Å². The topological polar surface area (TPSA) is 38.1 Å². The minimum absolute atomic E-state index is 0.829. The third-order valence-electron chi connectivity index (χ3n) is 1.71. The third kappa shape index (κ3) is 1.58. The van der Waals surface area contributed by atoms with Gasteiger partial charge in [-0.05, 0) is 19.1 Å². The highest BCUT2D eigenvalue weighted by Crippen LogP contribution is 2.25. The van der Waals surface area contributed by atoms with E-state index in [0.717, 1.165) is 22.3 Å². The van der Waals surface area contributed by atoms with Crippen LogP contribution in [-0.4, -0.2) is 12.0 Å². The van der Waals surface area contributed by atoms with Crippen LogP contribution >= 0.6 is 11.3 Å². The van der Waals surface area contributed by atoms with Gasteiger partial charge >= 0.3 is 0 Å². The lowest BCUT2D eigenvalue weighted by atomic mass is 10.4. The quantitative estimate of drug-likeness (QED) is 0.798. The fraction of sp³-hybridized carbons (Fsp3) is 0.222. The summed E-state index contributed by atoms with van der Waals surface area (Å²) in [5.74, 6) is 1.74. The molecule has 0 saturated heterocycles. The summed E-state index contributed by atoms with van der Waals surface area (Å²) in [6.45, 7) is 1.93. The number of aromatic nitrogens is 1. The van der Waals surface area contributed by atoms with Crippen molar-refractivity contribution in [3.05, 3.63) is 23.3 Å². The zero-order valence-electron chi connectivity index (χ0n) is 7.50. The van der Waals surface area contributed by atoms with E-state index < -0.39 is 0 Å². The van der Waals surface area contributed by atoms with E-state index in [-0.39, 0.29) is 0 Å². The SMILES string of the molecule is CNc1nc(-c2ccc(C)o2)cs1. The van der Waals surface area contributed by atoms with E-state index in [9.17, 15) is 0 Å². The van der Waals surface area contributed by atoms with Gasteiger partial charge in [-0.3, -0.25) is 0 Å². The van der Waals surface area contributed by atoms with Crippen LogP contribution in [0.25, 0.3) is 11.5 Å². The van der Waals surface area contributed by atoms with Crippen molar-refractivity contribution in [2.75, 3.05) is 12.4 Å². The molecule has 1 N–H and O–H groups in total. The molecular weight excluding hydrogens is 184 g/mol. The van der Waals surface area contributed by atoms with Crippen molar-refractivity contribution in [1.82, 2.24) is 4.98 Å². The molecule has 2 aromatic rings. The maximum Gasteiger partial charge on any atom is 0.183 e. The number of aryl methyl sites for hydroxylation is 1. The molecule has 0 amide bonds. The summed E-state index contributed by atoms with van der Waals surface area (Å²) in [4.78, 5) is 4.33. The fourth-order valence-electron chi connectivity index (χ4n) is 1.07. The molecule has 4 heteroatoms. The second-order valence-corrected chi connectivity index (χ2v) is 3.56. The van der Waals surface area contributed by atoms with Gasteiger partial charge in [0.25, 0.3) is 0 Å². The number of rotatable bonds is 2. The first-order chi connectivity index (χ1) is 6.29. The molecule has 0 aliphatic carbocycles. The van der Waals surface area contributed by atoms with Crippen molar-refractivity contribution >= 4 is 16.5 Å². The van der Waals surface area contributed by atoms with Gasteiger partial charge in [0, 0.05) is 12.4 Å². The van der Waals surface area contributed by atoms with Crippen LogP contribution in [0.15, 0.2) is 21.9 Å². The van der Waals surface area contributed by atoms with Crippen molar-refractivity contribution in [2.24, 2.45) is 0 Å². The van der Waals surface area contributed by atoms with Crippen molar-refractivity contribution in [3.63, 3.8) is 0 Å². The molecular formula is C9H10N2OS. The lowest BCUT2D eigenvalue weighted by Gasteiger charge is -1.89. The second kappa shape index (κ2) is 3.22. The molecule has 68 valence electrons. The largest absolute Gasteiger partial charge is 0.460 e. The highest BCUT2D eigenvalue weighted by molar-refractivity contribution is 7.14. The number of hydrogen-bond donors (Lipinski definition) is 1. The lowest BCUT2D eigenvalue weighted by Crippen LogP contribution is -1.85. The Morgan fingerprint density at radius 1 is 1.46 bits per heavy atom. The van der Waals surface area contributed by atoms with Gasteiger partial charge in [-0.2, -0.15) is 0 Å². The van der Waals surface area contributed by atoms with Gasteiger partial charge in [0.05, 0.1) is 0 Å².